The van der Waals surface area contributed by atoms with E-state index < -0.39 is 34.5 Å². The van der Waals surface area contributed by atoms with Crippen LogP contribution in [0.4, 0.5) is 10.1 Å². The Morgan fingerprint density at radius 2 is 1.64 bits per heavy atom. The van der Waals surface area contributed by atoms with Crippen LogP contribution in [-0.4, -0.2) is 62.7 Å². The van der Waals surface area contributed by atoms with Crippen molar-refractivity contribution in [2.24, 2.45) is 0 Å². The first-order valence-electron chi connectivity index (χ1n) is 13.4. The minimum absolute atomic E-state index is 0.0905. The fourth-order valence-electron chi connectivity index (χ4n) is 4.22. The van der Waals surface area contributed by atoms with Crippen molar-refractivity contribution in [2.45, 2.75) is 38.8 Å². The van der Waals surface area contributed by atoms with E-state index in [9.17, 15) is 22.4 Å². The lowest BCUT2D eigenvalue weighted by Gasteiger charge is -2.34. The summed E-state index contributed by atoms with van der Waals surface area (Å²) in [6.07, 6.45) is 1.79. The Kier molecular flexibility index (Phi) is 12.2. The summed E-state index contributed by atoms with van der Waals surface area (Å²) in [5.41, 5.74) is 1.43. The van der Waals surface area contributed by atoms with Gasteiger partial charge >= 0.3 is 10.2 Å². The van der Waals surface area contributed by atoms with Gasteiger partial charge in [-0.1, -0.05) is 72.9 Å². The Morgan fingerprint density at radius 3 is 2.24 bits per heavy atom. The normalized spacial score (nSPS) is 12.2. The van der Waals surface area contributed by atoms with Gasteiger partial charge in [-0.05, 0) is 53.9 Å². The molecule has 3 aromatic rings. The van der Waals surface area contributed by atoms with Crippen molar-refractivity contribution >= 4 is 50.9 Å². The topological polar surface area (TPSA) is 90.0 Å². The third kappa shape index (κ3) is 8.91. The zero-order valence-electron chi connectivity index (χ0n) is 23.8. The SMILES string of the molecule is CCCCNC(=O)[C@H](Cc1ccccc1)N(Cc1ccc(Cl)cc1Cl)C(=O)CN(c1ccc(F)cc1)S(=O)(=O)N(C)C. The van der Waals surface area contributed by atoms with Gasteiger partial charge in [0.25, 0.3) is 0 Å². The van der Waals surface area contributed by atoms with Gasteiger partial charge in [-0.3, -0.25) is 9.59 Å². The molecule has 0 bridgehead atoms. The van der Waals surface area contributed by atoms with Crippen LogP contribution in [0.15, 0.2) is 72.8 Å². The molecule has 0 spiro atoms. The van der Waals surface area contributed by atoms with Gasteiger partial charge in [-0.25, -0.2) is 8.70 Å². The van der Waals surface area contributed by atoms with E-state index in [1.165, 1.54) is 37.2 Å². The van der Waals surface area contributed by atoms with Crippen LogP contribution in [0, 0.1) is 5.82 Å². The number of halogens is 3. The molecule has 0 aliphatic heterocycles. The number of rotatable bonds is 14. The number of nitrogens with zero attached hydrogens (tertiary/aromatic N) is 3. The number of nitrogens with one attached hydrogen (secondary N) is 1. The highest BCUT2D eigenvalue weighted by molar-refractivity contribution is 7.90. The summed E-state index contributed by atoms with van der Waals surface area (Å²) in [4.78, 5) is 29.2. The molecule has 3 aromatic carbocycles. The largest absolute Gasteiger partial charge is 0.354 e. The second-order valence-corrected chi connectivity index (χ2v) is 12.8. The second-order valence-electron chi connectivity index (χ2n) is 9.88. The van der Waals surface area contributed by atoms with Gasteiger partial charge in [0.2, 0.25) is 11.8 Å². The number of hydrogen-bond acceptors (Lipinski definition) is 4. The molecule has 12 heteroatoms. The highest BCUT2D eigenvalue weighted by Gasteiger charge is 2.35. The van der Waals surface area contributed by atoms with Crippen LogP contribution in [0.1, 0.15) is 30.9 Å². The van der Waals surface area contributed by atoms with Crippen molar-refractivity contribution in [3.63, 3.8) is 0 Å². The molecule has 0 aromatic heterocycles. The van der Waals surface area contributed by atoms with Gasteiger partial charge in [-0.2, -0.15) is 12.7 Å². The standard InChI is InChI=1S/C30H35Cl2FN4O4S/c1-4-5-17-34-30(39)28(18-22-9-7-6-8-10-22)36(20-23-11-12-24(31)19-27(23)32)29(38)21-37(42(40,41)35(2)3)26-15-13-25(33)14-16-26/h6-16,19,28H,4-5,17-18,20-21H2,1-3H3,(H,34,39)/t28-/m0/s1. The van der Waals surface area contributed by atoms with E-state index in [1.54, 1.807) is 12.1 Å². The summed E-state index contributed by atoms with van der Waals surface area (Å²) >= 11 is 12.6. The van der Waals surface area contributed by atoms with Crippen molar-refractivity contribution in [3.8, 4) is 0 Å². The van der Waals surface area contributed by atoms with Gasteiger partial charge in [0.15, 0.2) is 0 Å². The summed E-state index contributed by atoms with van der Waals surface area (Å²) in [5, 5.41) is 3.61. The van der Waals surface area contributed by atoms with Crippen LogP contribution in [0.3, 0.4) is 0 Å². The van der Waals surface area contributed by atoms with Gasteiger partial charge in [0, 0.05) is 43.7 Å². The maximum Gasteiger partial charge on any atom is 0.304 e. The zero-order chi connectivity index (χ0) is 30.9. The Morgan fingerprint density at radius 1 is 0.976 bits per heavy atom. The first kappa shape index (κ1) is 33.3. The predicted molar refractivity (Wildman–Crippen MR) is 165 cm³/mol. The monoisotopic (exact) mass is 636 g/mol. The Hall–Kier alpha value is -3.18. The number of carbonyl (C=O) groups excluding carboxylic acids is 2. The Balaban J connectivity index is 2.09. The number of carbonyl (C=O) groups is 2. The van der Waals surface area contributed by atoms with Gasteiger partial charge in [-0.15, -0.1) is 0 Å². The number of benzene rings is 3. The van der Waals surface area contributed by atoms with Crippen LogP contribution in [0.5, 0.6) is 0 Å². The van der Waals surface area contributed by atoms with Crippen LogP contribution < -0.4 is 9.62 Å². The van der Waals surface area contributed by atoms with Crippen LogP contribution >= 0.6 is 23.2 Å². The van der Waals surface area contributed by atoms with E-state index >= 15 is 0 Å². The molecule has 1 N–H and O–H groups in total. The number of amides is 2. The van der Waals surface area contributed by atoms with Crippen molar-refractivity contribution in [2.75, 3.05) is 31.5 Å². The summed E-state index contributed by atoms with van der Waals surface area (Å²) in [5.74, 6) is -1.59. The van der Waals surface area contributed by atoms with Crippen LogP contribution in [-0.2, 0) is 32.8 Å². The molecule has 0 aliphatic carbocycles. The molecule has 0 unspecified atom stereocenters. The molecular formula is C30H35Cl2FN4O4S. The van der Waals surface area contributed by atoms with Crippen molar-refractivity contribution in [1.82, 2.24) is 14.5 Å². The second kappa shape index (κ2) is 15.3. The molecule has 0 saturated carbocycles. The third-order valence-electron chi connectivity index (χ3n) is 6.59. The van der Waals surface area contributed by atoms with Gasteiger partial charge in [0.05, 0.1) is 5.69 Å². The van der Waals surface area contributed by atoms with Crippen molar-refractivity contribution in [3.05, 3.63) is 99.8 Å². The fourth-order valence-corrected chi connectivity index (χ4v) is 5.74. The molecule has 226 valence electrons. The van der Waals surface area contributed by atoms with E-state index in [0.717, 1.165) is 39.1 Å². The molecule has 0 heterocycles. The lowest BCUT2D eigenvalue weighted by Crippen LogP contribution is -2.54. The Labute approximate surface area is 257 Å². The lowest BCUT2D eigenvalue weighted by molar-refractivity contribution is -0.140. The highest BCUT2D eigenvalue weighted by atomic mass is 35.5. The van der Waals surface area contributed by atoms with E-state index in [-0.39, 0.29) is 24.6 Å². The number of hydrogen-bond donors (Lipinski definition) is 1. The average molecular weight is 638 g/mol. The van der Waals surface area contributed by atoms with Gasteiger partial charge in [0.1, 0.15) is 18.4 Å². The molecule has 3 rings (SSSR count). The fraction of sp³-hybridized carbons (Fsp3) is 0.333. The maximum absolute atomic E-state index is 14.2. The van der Waals surface area contributed by atoms with Crippen molar-refractivity contribution < 1.29 is 22.4 Å². The minimum Gasteiger partial charge on any atom is -0.354 e. The molecule has 0 aliphatic rings. The molecule has 0 fully saturated rings. The third-order valence-corrected chi connectivity index (χ3v) is 9.00. The van der Waals surface area contributed by atoms with Gasteiger partial charge < -0.3 is 10.2 Å². The highest BCUT2D eigenvalue weighted by Crippen LogP contribution is 2.26. The number of unbranched alkanes of at least 4 members (excludes halogenated alkanes) is 1. The van der Waals surface area contributed by atoms with Crippen LogP contribution in [0.2, 0.25) is 10.0 Å². The Bertz CT molecular complexity index is 1460. The first-order valence-corrected chi connectivity index (χ1v) is 15.6. The van der Waals surface area contributed by atoms with E-state index in [1.807, 2.05) is 37.3 Å². The van der Waals surface area contributed by atoms with Crippen LogP contribution in [0.25, 0.3) is 0 Å². The van der Waals surface area contributed by atoms with E-state index in [2.05, 4.69) is 5.32 Å². The molecule has 0 radical (unpaired) electrons. The predicted octanol–water partition coefficient (Wildman–Crippen LogP) is 5.30. The lowest BCUT2D eigenvalue weighted by atomic mass is 10.0. The summed E-state index contributed by atoms with van der Waals surface area (Å²) in [6, 6.07) is 17.8. The summed E-state index contributed by atoms with van der Waals surface area (Å²) < 4.78 is 42.3. The zero-order valence-corrected chi connectivity index (χ0v) is 26.1. The molecule has 8 nitrogen and oxygen atoms in total. The van der Waals surface area contributed by atoms with Crippen molar-refractivity contribution in [1.29, 1.82) is 0 Å². The quantitative estimate of drug-likeness (QED) is 0.243. The smallest absolute Gasteiger partial charge is 0.304 e. The maximum atomic E-state index is 14.2. The summed E-state index contributed by atoms with van der Waals surface area (Å²) in [6.45, 7) is 1.68. The molecule has 0 saturated heterocycles. The first-order chi connectivity index (χ1) is 19.9. The number of anilines is 1. The summed E-state index contributed by atoms with van der Waals surface area (Å²) in [7, 11) is -1.52. The molecule has 42 heavy (non-hydrogen) atoms. The average Bonchev–Trinajstić information content (AvgIpc) is 2.95. The molecule has 1 atom stereocenters. The molecule has 2 amide bonds. The minimum atomic E-state index is -4.19. The molecular weight excluding hydrogens is 602 g/mol. The van der Waals surface area contributed by atoms with E-state index in [4.69, 9.17) is 23.2 Å². The van der Waals surface area contributed by atoms with E-state index in [0.29, 0.717) is 22.2 Å².